The number of nitriles is 1. The average molecular weight is 571 g/mol. The standard InChI is InChI=1S/C28H30N2O9S/c1-14-15(2)23(20-10-8-7-9-11-20)30(28(40)21(14)12-29)27-26(38-19(6)34)25(37-18(5)33)24(36-17(4)32)22(39-27)13-35-16(3)31/h7-11,22,24-27H,13H2,1-6H3/t22-,24+,25+,26+,27+/m0/s1. The third kappa shape index (κ3) is 6.55. The second-order valence-corrected chi connectivity index (χ2v) is 9.60. The Balaban J connectivity index is 2.38. The van der Waals surface area contributed by atoms with Crippen molar-refractivity contribution in [1.29, 1.82) is 5.26 Å². The van der Waals surface area contributed by atoms with E-state index in [0.29, 0.717) is 22.4 Å². The third-order valence-corrected chi connectivity index (χ3v) is 6.75. The minimum absolute atomic E-state index is 0.0744. The molecule has 0 spiro atoms. The van der Waals surface area contributed by atoms with Gasteiger partial charge in [0.1, 0.15) is 23.4 Å². The van der Waals surface area contributed by atoms with Crippen molar-refractivity contribution in [3.63, 3.8) is 0 Å². The van der Waals surface area contributed by atoms with Gasteiger partial charge in [0.25, 0.3) is 0 Å². The molecule has 0 bridgehead atoms. The van der Waals surface area contributed by atoms with Crippen LogP contribution in [0.4, 0.5) is 0 Å². The molecule has 1 fully saturated rings. The minimum Gasteiger partial charge on any atom is -0.463 e. The van der Waals surface area contributed by atoms with Crippen LogP contribution in [-0.2, 0) is 42.9 Å². The number of carbonyl (C=O) groups is 4. The number of pyridine rings is 1. The molecule has 1 aliphatic rings. The van der Waals surface area contributed by atoms with Gasteiger partial charge in [0.05, 0.1) is 11.3 Å². The van der Waals surface area contributed by atoms with Gasteiger partial charge >= 0.3 is 23.9 Å². The SMILES string of the molecule is CC(=O)OC[C@@H]1O[C@@H](n2c(-c3ccccc3)c(C)c(C)c(C#N)c2=S)[C@H](OC(C)=O)[C@H](OC(C)=O)[C@@H]1OC(C)=O. The summed E-state index contributed by atoms with van der Waals surface area (Å²) in [6.07, 6.45) is -6.57. The first-order valence-corrected chi connectivity index (χ1v) is 12.8. The van der Waals surface area contributed by atoms with Crippen LogP contribution in [0.1, 0.15) is 50.6 Å². The van der Waals surface area contributed by atoms with E-state index < -0.39 is 61.1 Å². The van der Waals surface area contributed by atoms with E-state index in [1.54, 1.807) is 6.92 Å². The topological polar surface area (TPSA) is 143 Å². The van der Waals surface area contributed by atoms with Gasteiger partial charge in [0.2, 0.25) is 0 Å². The van der Waals surface area contributed by atoms with Crippen LogP contribution in [0.3, 0.4) is 0 Å². The summed E-state index contributed by atoms with van der Waals surface area (Å²) in [6.45, 7) is 7.84. The van der Waals surface area contributed by atoms with Crippen LogP contribution in [0.5, 0.6) is 0 Å². The first kappa shape index (κ1) is 30.5. The van der Waals surface area contributed by atoms with E-state index in [4.69, 9.17) is 35.9 Å². The lowest BCUT2D eigenvalue weighted by atomic mass is 9.94. The van der Waals surface area contributed by atoms with Crippen LogP contribution in [0.2, 0.25) is 0 Å². The van der Waals surface area contributed by atoms with Gasteiger partial charge < -0.3 is 28.3 Å². The molecule has 2 heterocycles. The smallest absolute Gasteiger partial charge is 0.303 e. The fourth-order valence-corrected chi connectivity index (χ4v) is 5.06. The van der Waals surface area contributed by atoms with Gasteiger partial charge in [-0.2, -0.15) is 5.26 Å². The van der Waals surface area contributed by atoms with E-state index >= 15 is 0 Å². The maximum Gasteiger partial charge on any atom is 0.303 e. The zero-order valence-corrected chi connectivity index (χ0v) is 23.8. The van der Waals surface area contributed by atoms with E-state index in [1.165, 1.54) is 11.5 Å². The molecule has 2 aromatic rings. The van der Waals surface area contributed by atoms with Crippen molar-refractivity contribution in [2.24, 2.45) is 0 Å². The van der Waals surface area contributed by atoms with Crippen LogP contribution >= 0.6 is 12.2 Å². The second kappa shape index (κ2) is 12.8. The monoisotopic (exact) mass is 570 g/mol. The summed E-state index contributed by atoms with van der Waals surface area (Å²) >= 11 is 5.79. The Morgan fingerprint density at radius 3 is 1.95 bits per heavy atom. The number of carbonyl (C=O) groups excluding carboxylic acids is 4. The zero-order chi connectivity index (χ0) is 29.7. The fourth-order valence-electron chi connectivity index (χ4n) is 4.67. The van der Waals surface area contributed by atoms with Crippen LogP contribution in [0.25, 0.3) is 11.3 Å². The van der Waals surface area contributed by atoms with E-state index in [9.17, 15) is 24.4 Å². The average Bonchev–Trinajstić information content (AvgIpc) is 2.87. The molecule has 3 rings (SSSR count). The number of aromatic nitrogens is 1. The largest absolute Gasteiger partial charge is 0.463 e. The molecular formula is C28H30N2O9S. The number of esters is 4. The van der Waals surface area contributed by atoms with Gasteiger partial charge in [-0.15, -0.1) is 0 Å². The van der Waals surface area contributed by atoms with Crippen LogP contribution in [0.15, 0.2) is 30.3 Å². The first-order chi connectivity index (χ1) is 18.9. The van der Waals surface area contributed by atoms with Crippen LogP contribution in [-0.4, -0.2) is 59.5 Å². The molecule has 0 aliphatic carbocycles. The van der Waals surface area contributed by atoms with Crippen molar-refractivity contribution in [2.45, 2.75) is 72.2 Å². The van der Waals surface area contributed by atoms with E-state index in [-0.39, 0.29) is 10.2 Å². The number of hydrogen-bond acceptors (Lipinski definition) is 11. The highest BCUT2D eigenvalue weighted by Crippen LogP contribution is 2.39. The van der Waals surface area contributed by atoms with E-state index in [2.05, 4.69) is 6.07 Å². The zero-order valence-electron chi connectivity index (χ0n) is 23.0. The Hall–Kier alpha value is -4.08. The molecule has 0 saturated carbocycles. The summed E-state index contributed by atoms with van der Waals surface area (Å²) in [4.78, 5) is 48.4. The number of nitrogens with zero attached hydrogens (tertiary/aromatic N) is 2. The van der Waals surface area contributed by atoms with Crippen molar-refractivity contribution in [3.8, 4) is 17.3 Å². The second-order valence-electron chi connectivity index (χ2n) is 9.22. The molecule has 212 valence electrons. The lowest BCUT2D eigenvalue weighted by Crippen LogP contribution is -2.60. The Morgan fingerprint density at radius 1 is 0.875 bits per heavy atom. The summed E-state index contributed by atoms with van der Waals surface area (Å²) in [5.74, 6) is -2.87. The molecule has 0 unspecified atom stereocenters. The molecular weight excluding hydrogens is 540 g/mol. The minimum atomic E-state index is -1.39. The predicted octanol–water partition coefficient (Wildman–Crippen LogP) is 3.63. The molecule has 0 amide bonds. The molecule has 1 aromatic carbocycles. The molecule has 12 heteroatoms. The highest BCUT2D eigenvalue weighted by Gasteiger charge is 2.53. The molecule has 11 nitrogen and oxygen atoms in total. The van der Waals surface area contributed by atoms with Gasteiger partial charge in [-0.25, -0.2) is 0 Å². The summed E-state index contributed by atoms with van der Waals surface area (Å²) in [6, 6.07) is 11.3. The number of rotatable bonds is 7. The fraction of sp³-hybridized carbons (Fsp3) is 0.429. The Kier molecular flexibility index (Phi) is 9.78. The Morgan fingerprint density at radius 2 is 1.43 bits per heavy atom. The van der Waals surface area contributed by atoms with E-state index in [1.807, 2.05) is 37.3 Å². The Bertz CT molecular complexity index is 1410. The van der Waals surface area contributed by atoms with Crippen LogP contribution < -0.4 is 0 Å². The normalized spacial score (nSPS) is 22.0. The summed E-state index contributed by atoms with van der Waals surface area (Å²) in [5, 5.41) is 9.99. The molecule has 1 saturated heterocycles. The molecule has 40 heavy (non-hydrogen) atoms. The van der Waals surface area contributed by atoms with Gasteiger partial charge in [0, 0.05) is 27.7 Å². The highest BCUT2D eigenvalue weighted by molar-refractivity contribution is 7.71. The molecule has 5 atom stereocenters. The van der Waals surface area contributed by atoms with Crippen molar-refractivity contribution in [3.05, 3.63) is 51.7 Å². The van der Waals surface area contributed by atoms with Gasteiger partial charge in [-0.05, 0) is 30.5 Å². The number of ether oxygens (including phenoxy) is 5. The number of hydrogen-bond donors (Lipinski definition) is 0. The molecule has 0 N–H and O–H groups in total. The maximum absolute atomic E-state index is 12.3. The van der Waals surface area contributed by atoms with Gasteiger partial charge in [0.15, 0.2) is 24.5 Å². The third-order valence-electron chi connectivity index (χ3n) is 6.35. The quantitative estimate of drug-likeness (QED) is 0.273. The van der Waals surface area contributed by atoms with Crippen molar-refractivity contribution >= 4 is 36.1 Å². The lowest BCUT2D eigenvalue weighted by molar-refractivity contribution is -0.268. The van der Waals surface area contributed by atoms with E-state index in [0.717, 1.165) is 20.8 Å². The lowest BCUT2D eigenvalue weighted by Gasteiger charge is -2.45. The van der Waals surface area contributed by atoms with Crippen molar-refractivity contribution in [2.75, 3.05) is 6.61 Å². The van der Waals surface area contributed by atoms with Gasteiger partial charge in [-0.1, -0.05) is 42.5 Å². The first-order valence-electron chi connectivity index (χ1n) is 12.4. The molecule has 1 aromatic heterocycles. The van der Waals surface area contributed by atoms with Gasteiger partial charge in [-0.3, -0.25) is 19.2 Å². The summed E-state index contributed by atoms with van der Waals surface area (Å²) in [5.41, 5.74) is 2.81. The van der Waals surface area contributed by atoms with Crippen LogP contribution in [0, 0.1) is 29.8 Å². The number of benzene rings is 1. The summed E-state index contributed by atoms with van der Waals surface area (Å²) < 4.78 is 29.9. The highest BCUT2D eigenvalue weighted by atomic mass is 32.1. The maximum atomic E-state index is 12.3. The predicted molar refractivity (Wildman–Crippen MR) is 142 cm³/mol. The summed E-state index contributed by atoms with van der Waals surface area (Å²) in [7, 11) is 0. The molecule has 1 aliphatic heterocycles. The molecule has 0 radical (unpaired) electrons. The van der Waals surface area contributed by atoms with Crippen molar-refractivity contribution in [1.82, 2.24) is 4.57 Å². The van der Waals surface area contributed by atoms with Crippen molar-refractivity contribution < 1.29 is 42.9 Å². The Labute approximate surface area is 236 Å².